The van der Waals surface area contributed by atoms with E-state index in [1.165, 1.54) is 42.5 Å². The molecule has 39 heavy (non-hydrogen) atoms. The van der Waals surface area contributed by atoms with Crippen LogP contribution < -0.4 is 10.1 Å². The van der Waals surface area contributed by atoms with Gasteiger partial charge in [0.15, 0.2) is 6.10 Å². The van der Waals surface area contributed by atoms with E-state index >= 15 is 0 Å². The molecule has 2 N–H and O–H groups in total. The third-order valence-electron chi connectivity index (χ3n) is 5.27. The summed E-state index contributed by atoms with van der Waals surface area (Å²) in [7, 11) is 0. The zero-order chi connectivity index (χ0) is 29.0. The highest BCUT2D eigenvalue weighted by molar-refractivity contribution is 8.00. The molecule has 3 rings (SSSR count). The predicted octanol–water partition coefficient (Wildman–Crippen LogP) is 8.05. The summed E-state index contributed by atoms with van der Waals surface area (Å²) in [5, 5.41) is 11.8. The number of ether oxygens (including phenoxy) is 1. The van der Waals surface area contributed by atoms with Crippen LogP contribution in [0, 0.1) is 5.82 Å². The van der Waals surface area contributed by atoms with Crippen LogP contribution in [0.4, 0.5) is 43.9 Å². The van der Waals surface area contributed by atoms with Crippen LogP contribution in [0.5, 0.6) is 11.5 Å². The molecule has 3 aromatic carbocycles. The molecule has 0 bridgehead atoms. The third kappa shape index (κ3) is 9.32. The van der Waals surface area contributed by atoms with Gasteiger partial charge in [-0.05, 0) is 77.8 Å². The summed E-state index contributed by atoms with van der Waals surface area (Å²) in [5.41, 5.74) is -6.01. The molecular weight excluding hydrogens is 568 g/mol. The highest BCUT2D eigenvalue weighted by Crippen LogP contribution is 2.39. The monoisotopic (exact) mass is 587 g/mol. The highest BCUT2D eigenvalue weighted by Gasteiger charge is 2.38. The van der Waals surface area contributed by atoms with E-state index in [1.54, 1.807) is 0 Å². The molecule has 2 unspecified atom stereocenters. The minimum atomic E-state index is -5.00. The lowest BCUT2D eigenvalue weighted by Gasteiger charge is -2.23. The van der Waals surface area contributed by atoms with Crippen LogP contribution in [0.2, 0.25) is 0 Å². The van der Waals surface area contributed by atoms with Crippen molar-refractivity contribution in [2.24, 2.45) is 0 Å². The van der Waals surface area contributed by atoms with Crippen LogP contribution in [0.25, 0.3) is 0 Å². The van der Waals surface area contributed by atoms with Gasteiger partial charge in [-0.25, -0.2) is 4.39 Å². The van der Waals surface area contributed by atoms with Crippen molar-refractivity contribution in [2.45, 2.75) is 41.3 Å². The van der Waals surface area contributed by atoms with E-state index in [1.807, 2.05) is 0 Å². The minimum absolute atomic E-state index is 0.00215. The molecule has 0 aliphatic carbocycles. The van der Waals surface area contributed by atoms with Gasteiger partial charge in [0.1, 0.15) is 17.3 Å². The van der Waals surface area contributed by atoms with E-state index < -0.39 is 59.9 Å². The fraction of sp³-hybridized carbons (Fsp3) is 0.280. The normalized spacial score (nSPS) is 14.2. The van der Waals surface area contributed by atoms with Gasteiger partial charge in [0.2, 0.25) is 0 Å². The van der Waals surface area contributed by atoms with E-state index in [0.717, 1.165) is 6.07 Å². The average Bonchev–Trinajstić information content (AvgIpc) is 2.80. The molecule has 14 heteroatoms. The van der Waals surface area contributed by atoms with Crippen molar-refractivity contribution in [3.8, 4) is 11.5 Å². The van der Waals surface area contributed by atoms with Crippen molar-refractivity contribution in [3.63, 3.8) is 0 Å². The molecule has 0 aliphatic rings. The molecule has 0 radical (unpaired) electrons. The maximum atomic E-state index is 14.4. The van der Waals surface area contributed by atoms with Gasteiger partial charge in [-0.2, -0.15) is 39.5 Å². The van der Waals surface area contributed by atoms with Crippen LogP contribution in [0.3, 0.4) is 0 Å². The lowest BCUT2D eigenvalue weighted by molar-refractivity contribution is -0.202. The predicted molar refractivity (Wildman–Crippen MR) is 123 cm³/mol. The minimum Gasteiger partial charge on any atom is -0.457 e. The van der Waals surface area contributed by atoms with Crippen LogP contribution in [0.1, 0.15) is 22.7 Å². The number of halogens is 10. The largest absolute Gasteiger partial charge is 0.457 e. The van der Waals surface area contributed by atoms with E-state index in [2.05, 4.69) is 5.32 Å². The zero-order valence-electron chi connectivity index (χ0n) is 19.5. The Labute approximate surface area is 219 Å². The van der Waals surface area contributed by atoms with Gasteiger partial charge in [-0.15, -0.1) is 0 Å². The average molecular weight is 587 g/mol. The summed E-state index contributed by atoms with van der Waals surface area (Å²) in [6, 6.07) is 10.8. The first-order valence-electron chi connectivity index (χ1n) is 11.0. The Bertz CT molecular complexity index is 1260. The number of rotatable bonds is 9. The first-order valence-corrected chi connectivity index (χ1v) is 11.8. The topological polar surface area (TPSA) is 41.5 Å². The number of nitrogens with one attached hydrogen (secondary N) is 1. The summed E-state index contributed by atoms with van der Waals surface area (Å²) in [5.74, 6) is -0.991. The number of aliphatic hydroxyl groups is 1. The first-order chi connectivity index (χ1) is 18.0. The van der Waals surface area contributed by atoms with E-state index in [4.69, 9.17) is 4.74 Å². The SMILES string of the molecule is OC(CNC(Cc1cc(C(F)(F)F)ccc1F)c1cccc(Oc2cccc(SC(F)(F)F)c2)c1)C(F)(F)F. The maximum Gasteiger partial charge on any atom is 0.446 e. The quantitative estimate of drug-likeness (QED) is 0.196. The smallest absolute Gasteiger partial charge is 0.446 e. The summed E-state index contributed by atoms with van der Waals surface area (Å²) < 4.78 is 136. The van der Waals surface area contributed by atoms with Gasteiger partial charge >= 0.3 is 17.9 Å². The number of benzene rings is 3. The number of thioether (sulfide) groups is 1. The standard InChI is InChI=1S/C25H19F10NO2S/c26-20-8-7-16(23(27,28)29)9-15(20)11-21(36-13-22(37)24(30,31)32)14-3-1-4-17(10-14)38-18-5-2-6-19(12-18)39-25(33,34)35/h1-10,12,21-22,36-37H,11,13H2. The van der Waals surface area contributed by atoms with Gasteiger partial charge in [-0.3, -0.25) is 0 Å². The Balaban J connectivity index is 1.90. The Morgan fingerprint density at radius 1 is 0.821 bits per heavy atom. The van der Waals surface area contributed by atoms with Crippen LogP contribution >= 0.6 is 11.8 Å². The molecule has 0 aromatic heterocycles. The molecule has 3 aromatic rings. The van der Waals surface area contributed by atoms with E-state index in [-0.39, 0.29) is 33.7 Å². The zero-order valence-corrected chi connectivity index (χ0v) is 20.3. The number of aliphatic hydroxyl groups excluding tert-OH is 1. The fourth-order valence-electron chi connectivity index (χ4n) is 3.47. The van der Waals surface area contributed by atoms with Crippen molar-refractivity contribution in [3.05, 3.63) is 89.2 Å². The van der Waals surface area contributed by atoms with Crippen LogP contribution in [0.15, 0.2) is 71.6 Å². The maximum absolute atomic E-state index is 14.4. The second-order valence-corrected chi connectivity index (χ2v) is 9.36. The molecule has 0 aliphatic heterocycles. The highest BCUT2D eigenvalue weighted by atomic mass is 32.2. The Morgan fingerprint density at radius 2 is 1.46 bits per heavy atom. The third-order valence-corrected chi connectivity index (χ3v) is 5.99. The molecule has 0 spiro atoms. The van der Waals surface area contributed by atoms with Crippen LogP contribution in [-0.2, 0) is 12.6 Å². The van der Waals surface area contributed by atoms with Gasteiger partial charge in [-0.1, -0.05) is 18.2 Å². The molecule has 0 heterocycles. The van der Waals surface area contributed by atoms with Crippen molar-refractivity contribution < 1.29 is 53.7 Å². The van der Waals surface area contributed by atoms with Gasteiger partial charge in [0, 0.05) is 17.5 Å². The van der Waals surface area contributed by atoms with Crippen molar-refractivity contribution in [2.75, 3.05) is 6.54 Å². The Morgan fingerprint density at radius 3 is 2.08 bits per heavy atom. The number of alkyl halides is 9. The van der Waals surface area contributed by atoms with Gasteiger partial charge in [0.25, 0.3) is 0 Å². The second kappa shape index (κ2) is 12.0. The summed E-state index contributed by atoms with van der Waals surface area (Å²) >= 11 is -0.371. The molecule has 0 fully saturated rings. The molecule has 0 amide bonds. The van der Waals surface area contributed by atoms with Crippen molar-refractivity contribution >= 4 is 11.8 Å². The summed E-state index contributed by atoms with van der Waals surface area (Å²) in [6.07, 6.45) is -13.2. The number of hydrogen-bond donors (Lipinski definition) is 2. The molecule has 0 saturated heterocycles. The summed E-state index contributed by atoms with van der Waals surface area (Å²) in [4.78, 5) is -0.170. The van der Waals surface area contributed by atoms with E-state index in [0.29, 0.717) is 18.2 Å². The fourth-order valence-corrected chi connectivity index (χ4v) is 4.06. The molecule has 2 atom stereocenters. The van der Waals surface area contributed by atoms with Gasteiger partial charge in [0.05, 0.1) is 5.56 Å². The van der Waals surface area contributed by atoms with Crippen LogP contribution in [-0.4, -0.2) is 29.4 Å². The van der Waals surface area contributed by atoms with E-state index in [9.17, 15) is 49.0 Å². The molecular formula is C25H19F10NO2S. The van der Waals surface area contributed by atoms with Gasteiger partial charge < -0.3 is 15.2 Å². The molecule has 3 nitrogen and oxygen atoms in total. The van der Waals surface area contributed by atoms with Crippen molar-refractivity contribution in [1.82, 2.24) is 5.32 Å². The Kier molecular flexibility index (Phi) is 9.44. The van der Waals surface area contributed by atoms with Crippen molar-refractivity contribution in [1.29, 1.82) is 0 Å². The number of hydrogen-bond acceptors (Lipinski definition) is 4. The molecule has 212 valence electrons. The summed E-state index contributed by atoms with van der Waals surface area (Å²) in [6.45, 7) is -1.06. The molecule has 0 saturated carbocycles. The lowest BCUT2D eigenvalue weighted by Crippen LogP contribution is -2.40. The second-order valence-electron chi connectivity index (χ2n) is 8.22. The lowest BCUT2D eigenvalue weighted by atomic mass is 9.96. The Hall–Kier alpha value is -2.97. The first kappa shape index (κ1) is 30.6.